The zero-order valence-corrected chi connectivity index (χ0v) is 14.0. The molecule has 13 heteroatoms. The number of carbonyl (C=O) groups is 1. The Morgan fingerprint density at radius 1 is 1.50 bits per heavy atom. The molecular formula is C11H13F2N4O5S2-. The fraction of sp³-hybridized carbons (Fsp3) is 0.636. The van der Waals surface area contributed by atoms with E-state index >= 15 is 0 Å². The molecule has 9 nitrogen and oxygen atoms in total. The molecule has 0 aromatic carbocycles. The molecule has 2 aliphatic rings. The van der Waals surface area contributed by atoms with Crippen LogP contribution in [0.4, 0.5) is 13.6 Å². The Hall–Kier alpha value is -1.41. The summed E-state index contributed by atoms with van der Waals surface area (Å²) >= 11 is 0.778. The van der Waals surface area contributed by atoms with Crippen LogP contribution < -0.4 is 0 Å². The van der Waals surface area contributed by atoms with Gasteiger partial charge in [0, 0.05) is 18.1 Å². The Kier molecular flexibility index (Phi) is 4.24. The Bertz CT molecular complexity index is 727. The summed E-state index contributed by atoms with van der Waals surface area (Å²) in [6.45, 7) is -0.109. The number of thiazole rings is 1. The van der Waals surface area contributed by atoms with Gasteiger partial charge in [0.15, 0.2) is 5.01 Å². The lowest BCUT2D eigenvalue weighted by Gasteiger charge is -2.34. The molecular weight excluding hydrogens is 370 g/mol. The molecule has 134 valence electrons. The van der Waals surface area contributed by atoms with Crippen LogP contribution in [0.5, 0.6) is 0 Å². The maximum atomic E-state index is 14.6. The first-order valence-corrected chi connectivity index (χ1v) is 9.12. The highest BCUT2D eigenvalue weighted by molar-refractivity contribution is 7.84. The zero-order valence-electron chi connectivity index (χ0n) is 12.3. The van der Waals surface area contributed by atoms with Crippen LogP contribution in [-0.2, 0) is 20.5 Å². The van der Waals surface area contributed by atoms with E-state index in [1.807, 2.05) is 0 Å². The van der Waals surface area contributed by atoms with Gasteiger partial charge >= 0.3 is 22.3 Å². The van der Waals surface area contributed by atoms with Gasteiger partial charge in [0.1, 0.15) is 6.04 Å². The van der Waals surface area contributed by atoms with E-state index in [4.69, 9.17) is 0 Å². The Balaban J connectivity index is 1.83. The smallest absolute Gasteiger partial charge is 0.348 e. The number of hydroxylamine groups is 3. The van der Waals surface area contributed by atoms with Crippen LogP contribution in [0.25, 0.3) is 0 Å². The Labute approximate surface area is 140 Å². The van der Waals surface area contributed by atoms with Crippen LogP contribution in [0.3, 0.4) is 0 Å². The van der Waals surface area contributed by atoms with Crippen LogP contribution in [0.15, 0.2) is 11.6 Å². The molecule has 2 amide bonds. The minimum atomic E-state index is -4.69. The molecule has 24 heavy (non-hydrogen) atoms. The molecule has 0 aliphatic carbocycles. The van der Waals surface area contributed by atoms with Crippen LogP contribution in [0.2, 0.25) is 0 Å². The largest absolute Gasteiger partial charge is 0.771 e. The second-order valence-corrected chi connectivity index (χ2v) is 7.82. The molecule has 0 saturated carbocycles. The summed E-state index contributed by atoms with van der Waals surface area (Å²) in [5, 5.41) is 12.4. The first-order valence-electron chi connectivity index (χ1n) is 6.88. The number of hydrogen-bond acceptors (Lipinski definition) is 7. The fourth-order valence-electron chi connectivity index (χ4n) is 2.79. The third-order valence-electron chi connectivity index (χ3n) is 3.95. The number of alkyl halides is 2. The van der Waals surface area contributed by atoms with E-state index in [1.54, 1.807) is 0 Å². The number of amides is 2. The van der Waals surface area contributed by atoms with Gasteiger partial charge in [-0.05, 0) is 19.9 Å². The molecule has 1 unspecified atom stereocenters. The lowest BCUT2D eigenvalue weighted by Crippen LogP contribution is -2.49. The lowest BCUT2D eigenvalue weighted by molar-refractivity contribution is -0.0829. The van der Waals surface area contributed by atoms with Gasteiger partial charge in [0.25, 0.3) is 0 Å². The number of aromatic nitrogens is 1. The van der Waals surface area contributed by atoms with E-state index in [0.29, 0.717) is 12.1 Å². The first kappa shape index (κ1) is 17.4. The van der Waals surface area contributed by atoms with Crippen molar-refractivity contribution in [1.82, 2.24) is 19.4 Å². The summed E-state index contributed by atoms with van der Waals surface area (Å²) in [5.41, 5.74) is 0. The summed E-state index contributed by atoms with van der Waals surface area (Å²) in [7, 11) is -3.99. The van der Waals surface area contributed by atoms with Gasteiger partial charge in [-0.15, -0.1) is 15.6 Å². The molecule has 2 atom stereocenters. The van der Waals surface area contributed by atoms with Crippen LogP contribution in [0.1, 0.15) is 17.8 Å². The van der Waals surface area contributed by atoms with E-state index in [2.05, 4.69) is 9.27 Å². The normalized spacial score (nSPS) is 25.0. The third kappa shape index (κ3) is 2.75. The van der Waals surface area contributed by atoms with E-state index in [1.165, 1.54) is 11.6 Å². The zero-order chi connectivity index (χ0) is 17.7. The second kappa shape index (κ2) is 5.84. The predicted octanol–water partition coefficient (Wildman–Crippen LogP) is 1.11. The molecule has 2 aliphatic heterocycles. The maximum Gasteiger partial charge on any atom is 0.348 e. The quantitative estimate of drug-likeness (QED) is 0.705. The minimum absolute atomic E-state index is 0.0455. The Morgan fingerprint density at radius 3 is 2.79 bits per heavy atom. The highest BCUT2D eigenvalue weighted by Gasteiger charge is 2.56. The van der Waals surface area contributed by atoms with Gasteiger partial charge in [-0.1, -0.05) is 0 Å². The molecule has 2 fully saturated rings. The molecule has 3 heterocycles. The Morgan fingerprint density at radius 2 is 2.21 bits per heavy atom. The number of fused-ring (bicyclic) bond motifs is 2. The number of rotatable bonds is 5. The molecule has 0 N–H and O–H groups in total. The SMILES string of the molecule is CN([O-])S(=O)(=O)ON1C(=O)N2CC1CC[C@H]2C(F)(F)c1nccs1. The van der Waals surface area contributed by atoms with Crippen molar-refractivity contribution in [1.29, 1.82) is 0 Å². The molecule has 2 saturated heterocycles. The highest BCUT2D eigenvalue weighted by atomic mass is 32.2. The van der Waals surface area contributed by atoms with E-state index in [9.17, 15) is 27.2 Å². The summed E-state index contributed by atoms with van der Waals surface area (Å²) in [6, 6.07) is -3.17. The van der Waals surface area contributed by atoms with Gasteiger partial charge in [-0.25, -0.2) is 9.78 Å². The average Bonchev–Trinajstić information content (AvgIpc) is 3.12. The summed E-state index contributed by atoms with van der Waals surface area (Å²) in [4.78, 5) is 16.8. The van der Waals surface area contributed by atoms with E-state index < -0.39 is 43.8 Å². The van der Waals surface area contributed by atoms with Crippen molar-refractivity contribution in [3.05, 3.63) is 21.8 Å². The molecule has 3 rings (SSSR count). The number of piperidine rings is 1. The number of hydrogen-bond donors (Lipinski definition) is 0. The van der Waals surface area contributed by atoms with Gasteiger partial charge in [0.2, 0.25) is 0 Å². The van der Waals surface area contributed by atoms with Crippen molar-refractivity contribution in [2.45, 2.75) is 30.8 Å². The van der Waals surface area contributed by atoms with Crippen LogP contribution in [0, 0.1) is 5.21 Å². The molecule has 2 bridgehead atoms. The number of nitrogens with zero attached hydrogens (tertiary/aromatic N) is 4. The summed E-state index contributed by atoms with van der Waals surface area (Å²) < 4.78 is 56.3. The number of halogens is 2. The van der Waals surface area contributed by atoms with Crippen molar-refractivity contribution >= 4 is 27.7 Å². The summed E-state index contributed by atoms with van der Waals surface area (Å²) in [5.74, 6) is -3.36. The second-order valence-electron chi connectivity index (χ2n) is 5.41. The number of urea groups is 1. The maximum absolute atomic E-state index is 14.6. The van der Waals surface area contributed by atoms with E-state index in [0.717, 1.165) is 16.2 Å². The van der Waals surface area contributed by atoms with Gasteiger partial charge < -0.3 is 10.1 Å². The van der Waals surface area contributed by atoms with Crippen molar-refractivity contribution in [3.8, 4) is 0 Å². The highest BCUT2D eigenvalue weighted by Crippen LogP contribution is 2.43. The lowest BCUT2D eigenvalue weighted by atomic mass is 9.96. The van der Waals surface area contributed by atoms with Gasteiger partial charge in [0.05, 0.1) is 6.04 Å². The van der Waals surface area contributed by atoms with Crippen LogP contribution >= 0.6 is 11.3 Å². The van der Waals surface area contributed by atoms with Crippen LogP contribution in [-0.4, -0.2) is 59.5 Å². The average molecular weight is 383 g/mol. The summed E-state index contributed by atoms with van der Waals surface area (Å²) in [6.07, 6.45) is 1.32. The standard InChI is InChI=1S/C11H13F2N4O5S2/c1-15(19)24(20,21)22-17-7-2-3-8(16(6-7)10(17)18)11(12,13)9-14-4-5-23-9/h4-5,7-8H,2-3,6H2,1H3/q-1/t7?,8-/m0/s1. The van der Waals surface area contributed by atoms with Crippen molar-refractivity contribution in [3.63, 3.8) is 0 Å². The van der Waals surface area contributed by atoms with Crippen molar-refractivity contribution in [2.24, 2.45) is 0 Å². The van der Waals surface area contributed by atoms with Crippen molar-refractivity contribution in [2.75, 3.05) is 13.6 Å². The topological polar surface area (TPSA) is 106 Å². The molecule has 0 radical (unpaired) electrons. The number of carbonyl (C=O) groups excluding carboxylic acids is 1. The van der Waals surface area contributed by atoms with E-state index in [-0.39, 0.29) is 19.4 Å². The molecule has 1 aromatic rings. The molecule has 1 aromatic heterocycles. The third-order valence-corrected chi connectivity index (χ3v) is 5.79. The van der Waals surface area contributed by atoms with Gasteiger partial charge in [-0.2, -0.15) is 22.3 Å². The predicted molar refractivity (Wildman–Crippen MR) is 77.9 cm³/mol. The minimum Gasteiger partial charge on any atom is -0.771 e. The van der Waals surface area contributed by atoms with Gasteiger partial charge in [-0.3, -0.25) is 4.47 Å². The molecule has 0 spiro atoms. The monoisotopic (exact) mass is 383 g/mol. The fourth-order valence-corrected chi connectivity index (χ4v) is 3.93. The first-order chi connectivity index (χ1) is 11.1. The van der Waals surface area contributed by atoms with Crippen molar-refractivity contribution < 1.29 is 26.3 Å².